The van der Waals surface area contributed by atoms with Gasteiger partial charge in [-0.05, 0) is 136 Å². The van der Waals surface area contributed by atoms with Crippen molar-refractivity contribution in [3.63, 3.8) is 0 Å². The highest BCUT2D eigenvalue weighted by Gasteiger charge is 2.22. The van der Waals surface area contributed by atoms with Gasteiger partial charge in [-0.2, -0.15) is 0 Å². The molecule has 0 radical (unpaired) electrons. The topological polar surface area (TPSA) is 9.72 Å². The van der Waals surface area contributed by atoms with Crippen LogP contribution in [0.5, 0.6) is 0 Å². The molecule has 312 valence electrons. The molecule has 66 heavy (non-hydrogen) atoms. The maximum atomic E-state index is 2.42. The largest absolute Gasteiger partial charge is 0.310 e. The average molecular weight is 862 g/mol. The van der Waals surface area contributed by atoms with Crippen LogP contribution in [0.15, 0.2) is 261 Å². The van der Waals surface area contributed by atoms with Gasteiger partial charge in [0.2, 0.25) is 0 Å². The number of nitrogens with zero attached hydrogens (tertiary/aromatic N) is 3. The third kappa shape index (κ3) is 7.20. The lowest BCUT2D eigenvalue weighted by molar-refractivity contribution is 1.25. The molecule has 0 aliphatic rings. The van der Waals surface area contributed by atoms with Crippen molar-refractivity contribution in [2.24, 2.45) is 0 Å². The third-order valence-corrected chi connectivity index (χ3v) is 13.7. The summed E-state index contributed by atoms with van der Waals surface area (Å²) in [4.78, 5) is 7.18. The molecule has 0 amide bonds. The first kappa shape index (κ1) is 39.2. The second-order valence-electron chi connectivity index (χ2n) is 16.6. The van der Waals surface area contributed by atoms with E-state index < -0.39 is 0 Å². The molecule has 12 aromatic rings. The van der Waals surface area contributed by atoms with Gasteiger partial charge in [0, 0.05) is 71.1 Å². The standard InChI is InChI=1S/C62H43N3S/c1-5-21-47(22-6-1)63(48-23-7-2-8-24-48)53-40-46(41-54(42-53)64(49-25-9-3-10-26-49)51-36-35-44-19-13-14-20-45(44)39-51)55-30-17-32-57-56(55)31-18-33-60(57)65(50-27-11-4-12-28-50)52-37-38-62-59(43-52)58-29-15-16-34-61(58)66-62/h1-43H. The maximum absolute atomic E-state index is 2.42. The van der Waals surface area contributed by atoms with E-state index in [1.54, 1.807) is 0 Å². The van der Waals surface area contributed by atoms with Crippen LogP contribution >= 0.6 is 11.3 Å². The Labute approximate surface area is 388 Å². The highest BCUT2D eigenvalue weighted by atomic mass is 32.1. The number of benzene rings is 11. The lowest BCUT2D eigenvalue weighted by Gasteiger charge is -2.30. The summed E-state index contributed by atoms with van der Waals surface area (Å²) in [5, 5.41) is 7.30. The maximum Gasteiger partial charge on any atom is 0.0540 e. The Kier molecular flexibility index (Phi) is 10.0. The van der Waals surface area contributed by atoms with Crippen LogP contribution in [0.2, 0.25) is 0 Å². The van der Waals surface area contributed by atoms with E-state index in [2.05, 4.69) is 276 Å². The fourth-order valence-electron chi connectivity index (χ4n) is 9.55. The Hall–Kier alpha value is -8.44. The van der Waals surface area contributed by atoms with Crippen LogP contribution in [0, 0.1) is 0 Å². The zero-order valence-electron chi connectivity index (χ0n) is 36.1. The molecule has 0 bridgehead atoms. The van der Waals surface area contributed by atoms with Gasteiger partial charge in [-0.15, -0.1) is 11.3 Å². The van der Waals surface area contributed by atoms with Crippen molar-refractivity contribution >= 4 is 104 Å². The molecule has 0 unspecified atom stereocenters. The molecule has 0 N–H and O–H groups in total. The first-order chi connectivity index (χ1) is 32.7. The lowest BCUT2D eigenvalue weighted by Crippen LogP contribution is -2.13. The van der Waals surface area contributed by atoms with Crippen molar-refractivity contribution in [2.45, 2.75) is 0 Å². The monoisotopic (exact) mass is 861 g/mol. The summed E-state index contributed by atoms with van der Waals surface area (Å²) in [5.41, 5.74) is 12.0. The SMILES string of the molecule is c1ccc(N(c2ccccc2)c2cc(-c3cccc4c(N(c5ccccc5)c5ccc6sc7ccccc7c6c5)cccc34)cc(N(c3ccccc3)c3ccc4ccccc4c3)c2)cc1. The Morgan fingerprint density at radius 3 is 1.39 bits per heavy atom. The summed E-state index contributed by atoms with van der Waals surface area (Å²) in [6.45, 7) is 0. The molecule has 0 aliphatic carbocycles. The fraction of sp³-hybridized carbons (Fsp3) is 0. The molecule has 0 aliphatic heterocycles. The molecule has 11 aromatic carbocycles. The summed E-state index contributed by atoms with van der Waals surface area (Å²) in [7, 11) is 0. The molecule has 0 spiro atoms. The van der Waals surface area contributed by atoms with Crippen molar-refractivity contribution in [1.29, 1.82) is 0 Å². The number of hydrogen-bond donors (Lipinski definition) is 0. The van der Waals surface area contributed by atoms with Gasteiger partial charge in [-0.1, -0.05) is 152 Å². The summed E-state index contributed by atoms with van der Waals surface area (Å²) < 4.78 is 2.59. The predicted octanol–water partition coefficient (Wildman–Crippen LogP) is 18.4. The summed E-state index contributed by atoms with van der Waals surface area (Å²) in [6.07, 6.45) is 0. The van der Waals surface area contributed by atoms with E-state index in [4.69, 9.17) is 0 Å². The quantitative estimate of drug-likeness (QED) is 0.136. The molecule has 1 heterocycles. The van der Waals surface area contributed by atoms with Crippen LogP contribution in [-0.2, 0) is 0 Å². The Bertz CT molecular complexity index is 3620. The third-order valence-electron chi connectivity index (χ3n) is 12.5. The minimum absolute atomic E-state index is 1.05. The number of para-hydroxylation sites is 4. The zero-order chi connectivity index (χ0) is 43.8. The lowest BCUT2D eigenvalue weighted by atomic mass is 9.95. The van der Waals surface area contributed by atoms with Crippen LogP contribution in [0.4, 0.5) is 51.2 Å². The van der Waals surface area contributed by atoms with Gasteiger partial charge >= 0.3 is 0 Å². The first-order valence-corrected chi connectivity index (χ1v) is 23.2. The predicted molar refractivity (Wildman–Crippen MR) is 284 cm³/mol. The number of rotatable bonds is 10. The van der Waals surface area contributed by atoms with Crippen LogP contribution in [0.1, 0.15) is 0 Å². The summed E-state index contributed by atoms with van der Waals surface area (Å²) in [6, 6.07) is 94.5. The van der Waals surface area contributed by atoms with E-state index >= 15 is 0 Å². The Morgan fingerprint density at radius 1 is 0.242 bits per heavy atom. The van der Waals surface area contributed by atoms with Gasteiger partial charge in [0.05, 0.1) is 5.69 Å². The Balaban J connectivity index is 1.10. The molecule has 12 rings (SSSR count). The van der Waals surface area contributed by atoms with Crippen molar-refractivity contribution in [2.75, 3.05) is 14.7 Å². The molecule has 0 saturated carbocycles. The minimum Gasteiger partial charge on any atom is -0.310 e. The molecule has 0 atom stereocenters. The van der Waals surface area contributed by atoms with Crippen LogP contribution < -0.4 is 14.7 Å². The summed E-state index contributed by atoms with van der Waals surface area (Å²) in [5.74, 6) is 0. The number of anilines is 9. The van der Waals surface area contributed by atoms with E-state index in [1.165, 1.54) is 41.7 Å². The van der Waals surface area contributed by atoms with Gasteiger partial charge in [-0.3, -0.25) is 0 Å². The number of fused-ring (bicyclic) bond motifs is 5. The van der Waals surface area contributed by atoms with Crippen LogP contribution in [0.3, 0.4) is 0 Å². The van der Waals surface area contributed by atoms with E-state index in [-0.39, 0.29) is 0 Å². The fourth-order valence-corrected chi connectivity index (χ4v) is 10.6. The average Bonchev–Trinajstić information content (AvgIpc) is 3.76. The van der Waals surface area contributed by atoms with E-state index in [1.807, 2.05) is 11.3 Å². The smallest absolute Gasteiger partial charge is 0.0540 e. The minimum atomic E-state index is 1.05. The van der Waals surface area contributed by atoms with Crippen LogP contribution in [-0.4, -0.2) is 0 Å². The molecule has 0 saturated heterocycles. The van der Waals surface area contributed by atoms with E-state index in [0.29, 0.717) is 0 Å². The first-order valence-electron chi connectivity index (χ1n) is 22.4. The van der Waals surface area contributed by atoms with E-state index in [0.717, 1.165) is 62.3 Å². The highest BCUT2D eigenvalue weighted by molar-refractivity contribution is 7.25. The van der Waals surface area contributed by atoms with Crippen molar-refractivity contribution < 1.29 is 0 Å². The highest BCUT2D eigenvalue weighted by Crippen LogP contribution is 2.47. The molecular weight excluding hydrogens is 819 g/mol. The second kappa shape index (κ2) is 16.9. The van der Waals surface area contributed by atoms with Gasteiger partial charge in [-0.25, -0.2) is 0 Å². The van der Waals surface area contributed by atoms with E-state index in [9.17, 15) is 0 Å². The molecule has 0 fully saturated rings. The van der Waals surface area contributed by atoms with Gasteiger partial charge < -0.3 is 14.7 Å². The van der Waals surface area contributed by atoms with Crippen molar-refractivity contribution in [1.82, 2.24) is 0 Å². The zero-order valence-corrected chi connectivity index (χ0v) is 36.9. The molecule has 1 aromatic heterocycles. The number of thiophene rings is 1. The second-order valence-corrected chi connectivity index (χ2v) is 17.7. The van der Waals surface area contributed by atoms with Crippen molar-refractivity contribution in [3.8, 4) is 11.1 Å². The summed E-state index contributed by atoms with van der Waals surface area (Å²) >= 11 is 1.85. The molecule has 3 nitrogen and oxygen atoms in total. The molecular formula is C62H43N3S. The number of hydrogen-bond acceptors (Lipinski definition) is 4. The van der Waals surface area contributed by atoms with Crippen molar-refractivity contribution in [3.05, 3.63) is 261 Å². The Morgan fingerprint density at radius 2 is 0.727 bits per heavy atom. The normalized spacial score (nSPS) is 11.3. The van der Waals surface area contributed by atoms with Gasteiger partial charge in [0.15, 0.2) is 0 Å². The van der Waals surface area contributed by atoms with Crippen LogP contribution in [0.25, 0.3) is 52.8 Å². The molecule has 4 heteroatoms. The van der Waals surface area contributed by atoms with Gasteiger partial charge in [0.1, 0.15) is 0 Å². The van der Waals surface area contributed by atoms with Gasteiger partial charge in [0.25, 0.3) is 0 Å².